The number of hydrogen-bond acceptors (Lipinski definition) is 5. The van der Waals surface area contributed by atoms with Crippen LogP contribution >= 0.6 is 0 Å². The van der Waals surface area contributed by atoms with E-state index in [1.807, 2.05) is 0 Å². The number of benzene rings is 1. The number of ether oxygens (including phenoxy) is 1. The molecule has 3 saturated heterocycles. The van der Waals surface area contributed by atoms with Crippen LogP contribution < -0.4 is 0 Å². The van der Waals surface area contributed by atoms with E-state index < -0.39 is 6.09 Å². The van der Waals surface area contributed by atoms with E-state index in [1.54, 1.807) is 0 Å². The van der Waals surface area contributed by atoms with E-state index in [1.165, 1.54) is 49.0 Å². The summed E-state index contributed by atoms with van der Waals surface area (Å²) in [4.78, 5) is 34.3. The first-order valence-corrected chi connectivity index (χ1v) is 14.4. The second-order valence-corrected chi connectivity index (χ2v) is 12.6. The van der Waals surface area contributed by atoms with Gasteiger partial charge in [0.1, 0.15) is 6.61 Å². The minimum atomic E-state index is -0.445. The summed E-state index contributed by atoms with van der Waals surface area (Å²) < 4.78 is 5.51. The lowest BCUT2D eigenvalue weighted by molar-refractivity contribution is -0.143. The van der Waals surface area contributed by atoms with Gasteiger partial charge in [-0.05, 0) is 81.6 Å². The van der Waals surface area contributed by atoms with Crippen molar-refractivity contribution in [1.82, 2.24) is 14.7 Å². The molecule has 198 valence electrons. The van der Waals surface area contributed by atoms with Crippen molar-refractivity contribution in [3.05, 3.63) is 35.9 Å². The Morgan fingerprint density at radius 3 is 1.86 bits per heavy atom. The lowest BCUT2D eigenvalue weighted by Crippen LogP contribution is -2.62. The van der Waals surface area contributed by atoms with Crippen LogP contribution in [0.1, 0.15) is 83.6 Å². The maximum atomic E-state index is 14.6. The zero-order valence-electron chi connectivity index (χ0n) is 22.5. The van der Waals surface area contributed by atoms with Gasteiger partial charge in [0.2, 0.25) is 5.91 Å². The van der Waals surface area contributed by atoms with Gasteiger partial charge in [-0.1, -0.05) is 63.9 Å². The van der Waals surface area contributed by atoms with Crippen LogP contribution in [0.4, 0.5) is 4.79 Å². The van der Waals surface area contributed by atoms with Crippen LogP contribution in [0.15, 0.2) is 30.3 Å². The van der Waals surface area contributed by atoms with Gasteiger partial charge in [-0.2, -0.15) is 0 Å². The minimum absolute atomic E-state index is 0.00934. The fraction of sp³-hybridized carbons (Fsp3) is 0.733. The highest BCUT2D eigenvalue weighted by Crippen LogP contribution is 2.44. The lowest BCUT2D eigenvalue weighted by Gasteiger charge is -2.51. The number of hydrogen-bond donors (Lipinski definition) is 0. The molecule has 0 bridgehead atoms. The molecule has 0 aromatic heterocycles. The average molecular weight is 496 g/mol. The molecule has 2 amide bonds. The molecule has 0 spiro atoms. The molecule has 1 aromatic rings. The van der Waals surface area contributed by atoms with Crippen molar-refractivity contribution in [2.45, 2.75) is 96.2 Å². The Hall–Kier alpha value is -1.92. The molecule has 4 aliphatic rings. The number of imide groups is 1. The summed E-state index contributed by atoms with van der Waals surface area (Å²) in [5, 5.41) is 0. The molecule has 2 unspecified atom stereocenters. The third-order valence-electron chi connectivity index (χ3n) is 9.27. The van der Waals surface area contributed by atoms with E-state index in [-0.39, 0.29) is 35.4 Å². The van der Waals surface area contributed by atoms with Crippen LogP contribution in [0.3, 0.4) is 0 Å². The molecule has 5 rings (SSSR count). The Labute approximate surface area is 217 Å². The summed E-state index contributed by atoms with van der Waals surface area (Å²) in [5.74, 6) is 0.241. The number of rotatable bonds is 4. The molecule has 6 heteroatoms. The molecule has 4 fully saturated rings. The first-order chi connectivity index (χ1) is 17.3. The Bertz CT molecular complexity index is 874. The number of carbonyl (C=O) groups is 2. The van der Waals surface area contributed by atoms with Gasteiger partial charge < -0.3 is 4.74 Å². The molecule has 3 heterocycles. The molecular weight excluding hydrogens is 450 g/mol. The summed E-state index contributed by atoms with van der Waals surface area (Å²) >= 11 is 0. The zero-order valence-corrected chi connectivity index (χ0v) is 22.5. The predicted octanol–water partition coefficient (Wildman–Crippen LogP) is 5.28. The van der Waals surface area contributed by atoms with E-state index in [2.05, 4.69) is 60.9 Å². The van der Waals surface area contributed by atoms with Crippen molar-refractivity contribution in [2.75, 3.05) is 32.8 Å². The van der Waals surface area contributed by atoms with Gasteiger partial charge in [-0.25, -0.2) is 9.69 Å². The first kappa shape index (κ1) is 25.7. The highest BCUT2D eigenvalue weighted by molar-refractivity contribution is 5.95. The minimum Gasteiger partial charge on any atom is -0.447 e. The van der Waals surface area contributed by atoms with E-state index in [9.17, 15) is 9.59 Å². The standard InChI is InChI=1S/C30H45N3O3/c1-30(2,3)26-21-36-29(35)33(26)28(34)27-24(31-15-9-5-10-16-31)19-23(22-13-7-4-8-14-22)20-25(27)32-17-11-6-12-18-32/h4,7-8,13-14,23-27H,5-6,9-12,15-21H2,1-3H3/t23?,24-,25+,26-,27?/m1/s1. The summed E-state index contributed by atoms with van der Waals surface area (Å²) in [5.41, 5.74) is 1.17. The topological polar surface area (TPSA) is 53.1 Å². The number of piperidine rings is 2. The third-order valence-corrected chi connectivity index (χ3v) is 9.27. The van der Waals surface area contributed by atoms with Crippen LogP contribution in [-0.4, -0.2) is 77.6 Å². The van der Waals surface area contributed by atoms with Crippen LogP contribution in [0.2, 0.25) is 0 Å². The van der Waals surface area contributed by atoms with Crippen molar-refractivity contribution in [2.24, 2.45) is 11.3 Å². The lowest BCUT2D eigenvalue weighted by atomic mass is 9.69. The molecule has 0 N–H and O–H groups in total. The van der Waals surface area contributed by atoms with Crippen LogP contribution in [0, 0.1) is 11.3 Å². The molecule has 0 radical (unpaired) electrons. The van der Waals surface area contributed by atoms with Crippen LogP contribution in [0.25, 0.3) is 0 Å². The molecule has 1 saturated carbocycles. The first-order valence-electron chi connectivity index (χ1n) is 14.4. The van der Waals surface area contributed by atoms with Gasteiger partial charge in [0.15, 0.2) is 0 Å². The number of nitrogens with zero attached hydrogens (tertiary/aromatic N) is 3. The summed E-state index contributed by atoms with van der Waals surface area (Å²) in [6, 6.07) is 11.0. The molecular formula is C30H45N3O3. The van der Waals surface area contributed by atoms with Gasteiger partial charge in [-0.15, -0.1) is 0 Å². The third kappa shape index (κ3) is 5.22. The monoisotopic (exact) mass is 495 g/mol. The average Bonchev–Trinajstić information content (AvgIpc) is 3.31. The van der Waals surface area contributed by atoms with E-state index >= 15 is 0 Å². The van der Waals surface area contributed by atoms with Crippen molar-refractivity contribution in [1.29, 1.82) is 0 Å². The van der Waals surface area contributed by atoms with E-state index in [0.717, 1.165) is 39.0 Å². The normalized spacial score (nSPS) is 32.9. The Kier molecular flexibility index (Phi) is 7.73. The van der Waals surface area contributed by atoms with Crippen LogP contribution in [0.5, 0.6) is 0 Å². The smallest absolute Gasteiger partial charge is 0.417 e. The second-order valence-electron chi connectivity index (χ2n) is 12.6. The van der Waals surface area contributed by atoms with Gasteiger partial charge >= 0.3 is 6.09 Å². The SMILES string of the molecule is CC(C)(C)[C@H]1COC(=O)N1C(=O)C1[C@H](N2CCCCC2)CC(c2ccccc2)C[C@@H]1N1CCCCC1. The maximum Gasteiger partial charge on any atom is 0.417 e. The largest absolute Gasteiger partial charge is 0.447 e. The predicted molar refractivity (Wildman–Crippen MR) is 142 cm³/mol. The fourth-order valence-corrected chi connectivity index (χ4v) is 7.27. The number of carbonyl (C=O) groups excluding carboxylic acids is 2. The zero-order chi connectivity index (χ0) is 25.3. The maximum absolute atomic E-state index is 14.6. The Morgan fingerprint density at radius 1 is 0.833 bits per heavy atom. The summed E-state index contributed by atoms with van der Waals surface area (Å²) in [6.45, 7) is 10.8. The van der Waals surface area contributed by atoms with Gasteiger partial charge in [0.05, 0.1) is 12.0 Å². The molecule has 5 atom stereocenters. The van der Waals surface area contributed by atoms with Crippen LogP contribution in [-0.2, 0) is 9.53 Å². The van der Waals surface area contributed by atoms with Gasteiger partial charge in [0.25, 0.3) is 0 Å². The van der Waals surface area contributed by atoms with Crippen molar-refractivity contribution < 1.29 is 14.3 Å². The number of amides is 2. The number of likely N-dealkylation sites (tertiary alicyclic amines) is 2. The molecule has 36 heavy (non-hydrogen) atoms. The Morgan fingerprint density at radius 2 is 1.36 bits per heavy atom. The van der Waals surface area contributed by atoms with Gasteiger partial charge in [0, 0.05) is 12.1 Å². The molecule has 3 aliphatic heterocycles. The highest BCUT2D eigenvalue weighted by atomic mass is 16.6. The fourth-order valence-electron chi connectivity index (χ4n) is 7.27. The second kappa shape index (κ2) is 10.8. The Balaban J connectivity index is 1.53. The quantitative estimate of drug-likeness (QED) is 0.569. The molecule has 1 aromatic carbocycles. The molecule has 6 nitrogen and oxygen atoms in total. The van der Waals surface area contributed by atoms with E-state index in [4.69, 9.17) is 4.74 Å². The summed E-state index contributed by atoms with van der Waals surface area (Å²) in [6.07, 6.45) is 8.82. The van der Waals surface area contributed by atoms with E-state index in [0.29, 0.717) is 12.5 Å². The number of cyclic esters (lactones) is 1. The van der Waals surface area contributed by atoms with Crippen molar-refractivity contribution in [3.8, 4) is 0 Å². The van der Waals surface area contributed by atoms with Crippen molar-refractivity contribution >= 4 is 12.0 Å². The van der Waals surface area contributed by atoms with Gasteiger partial charge in [-0.3, -0.25) is 14.6 Å². The van der Waals surface area contributed by atoms with Crippen molar-refractivity contribution in [3.63, 3.8) is 0 Å². The molecule has 1 aliphatic carbocycles. The highest BCUT2D eigenvalue weighted by Gasteiger charge is 2.53. The summed E-state index contributed by atoms with van der Waals surface area (Å²) in [7, 11) is 0.